The Balaban J connectivity index is 2.60. The van der Waals surface area contributed by atoms with Gasteiger partial charge >= 0.3 is 0 Å². The monoisotopic (exact) mass is 361 g/mol. The molecule has 0 bridgehead atoms. The Morgan fingerprint density at radius 2 is 2.35 bits per heavy atom. The summed E-state index contributed by atoms with van der Waals surface area (Å²) in [6.45, 7) is 2.16. The number of carbonyl (C=O) groups excluding carboxylic acids is 1. The summed E-state index contributed by atoms with van der Waals surface area (Å²) in [6.07, 6.45) is 1.95. The molecule has 1 aromatic carbocycles. The first-order chi connectivity index (χ1) is 8.13. The fraction of sp³-hybridized carbons (Fsp3) is 0.250. The maximum Gasteiger partial charge on any atom is 0.216 e. The van der Waals surface area contributed by atoms with E-state index in [0.717, 1.165) is 16.2 Å². The third-order valence-electron chi connectivity index (χ3n) is 1.97. The number of amides is 1. The Morgan fingerprint density at radius 1 is 1.59 bits per heavy atom. The molecule has 0 aliphatic rings. The van der Waals surface area contributed by atoms with Crippen LogP contribution in [-0.4, -0.2) is 23.3 Å². The topological polar surface area (TPSA) is 49.3 Å². The Labute approximate surface area is 119 Å². The lowest BCUT2D eigenvalue weighted by Gasteiger charge is -2.06. The first-order valence-electron chi connectivity index (χ1n) is 5.10. The van der Waals surface area contributed by atoms with Gasteiger partial charge < -0.3 is 10.4 Å². The van der Waals surface area contributed by atoms with Crippen molar-refractivity contribution in [3.63, 3.8) is 0 Å². The van der Waals surface area contributed by atoms with Crippen molar-refractivity contribution < 1.29 is 9.90 Å². The molecular formula is C12H14INO2S. The van der Waals surface area contributed by atoms with Gasteiger partial charge in [0.25, 0.3) is 0 Å². The number of carbonyl (C=O) groups is 1. The average molecular weight is 361 g/mol. The molecule has 0 aliphatic heterocycles. The minimum atomic E-state index is -0.0105. The molecule has 0 spiro atoms. The van der Waals surface area contributed by atoms with Crippen LogP contribution in [0, 0.1) is 0 Å². The third-order valence-corrected chi connectivity index (χ3v) is 3.42. The van der Waals surface area contributed by atoms with Crippen molar-refractivity contribution in [2.45, 2.75) is 11.8 Å². The molecule has 17 heavy (non-hydrogen) atoms. The third kappa shape index (κ3) is 5.45. The number of thioether (sulfide) groups is 1. The highest BCUT2D eigenvalue weighted by Gasteiger charge is 2.02. The van der Waals surface area contributed by atoms with Gasteiger partial charge in [-0.1, -0.05) is 22.6 Å². The molecule has 0 heterocycles. The first-order valence-corrected chi connectivity index (χ1v) is 7.33. The summed E-state index contributed by atoms with van der Waals surface area (Å²) >= 11 is 3.80. The standard InChI is InChI=1S/C12H14INO2S/c1-9(15)14-6-7-17-12-3-2-11(16)8-10(12)4-5-13/h2-5,8,16H,6-7H2,1H3,(H,14,15)/b5-4+/i13-2. The normalized spacial score (nSPS) is 10.7. The molecule has 2 N–H and O–H groups in total. The van der Waals surface area contributed by atoms with Crippen molar-refractivity contribution in [2.75, 3.05) is 12.3 Å². The van der Waals surface area contributed by atoms with Crippen LogP contribution in [0.5, 0.6) is 5.75 Å². The second-order valence-corrected chi connectivity index (χ2v) is 5.20. The van der Waals surface area contributed by atoms with Crippen LogP contribution in [0.4, 0.5) is 0 Å². The first kappa shape index (κ1) is 14.4. The van der Waals surface area contributed by atoms with E-state index in [1.807, 2.05) is 16.2 Å². The highest BCUT2D eigenvalue weighted by Crippen LogP contribution is 2.27. The molecule has 5 heteroatoms. The van der Waals surface area contributed by atoms with Crippen LogP contribution in [0.15, 0.2) is 27.2 Å². The van der Waals surface area contributed by atoms with Crippen LogP contribution in [0.25, 0.3) is 6.08 Å². The van der Waals surface area contributed by atoms with Gasteiger partial charge in [0.15, 0.2) is 0 Å². The van der Waals surface area contributed by atoms with Gasteiger partial charge in [0.05, 0.1) is 0 Å². The number of phenolic OH excluding ortho intramolecular Hbond substituents is 1. The van der Waals surface area contributed by atoms with E-state index in [0.29, 0.717) is 6.54 Å². The van der Waals surface area contributed by atoms with E-state index >= 15 is 0 Å². The van der Waals surface area contributed by atoms with E-state index in [4.69, 9.17) is 0 Å². The zero-order valence-electron chi connectivity index (χ0n) is 9.44. The van der Waals surface area contributed by atoms with Crippen molar-refractivity contribution in [1.29, 1.82) is 0 Å². The summed E-state index contributed by atoms with van der Waals surface area (Å²) in [5, 5.41) is 12.2. The Morgan fingerprint density at radius 3 is 3.00 bits per heavy atom. The lowest BCUT2D eigenvalue weighted by atomic mass is 10.2. The molecule has 0 atom stereocenters. The molecule has 0 aliphatic carbocycles. The van der Waals surface area contributed by atoms with Crippen LogP contribution in [0.3, 0.4) is 0 Å². The van der Waals surface area contributed by atoms with E-state index < -0.39 is 0 Å². The van der Waals surface area contributed by atoms with Crippen molar-refractivity contribution in [3.05, 3.63) is 27.8 Å². The molecule has 0 saturated carbocycles. The molecule has 1 rings (SSSR count). The number of hydrogen-bond donors (Lipinski definition) is 2. The molecule has 0 saturated heterocycles. The molecule has 1 amide bonds. The van der Waals surface area contributed by atoms with Gasteiger partial charge in [-0.3, -0.25) is 4.79 Å². The highest BCUT2D eigenvalue weighted by atomic mass is 125. The molecular weight excluding hydrogens is 347 g/mol. The summed E-state index contributed by atoms with van der Waals surface area (Å²) in [6, 6.07) is 5.29. The van der Waals surface area contributed by atoms with Gasteiger partial charge in [-0.25, -0.2) is 0 Å². The number of benzene rings is 1. The van der Waals surface area contributed by atoms with Gasteiger partial charge in [-0.2, -0.15) is 0 Å². The predicted octanol–water partition coefficient (Wildman–Crippen LogP) is 3.03. The van der Waals surface area contributed by atoms with Gasteiger partial charge in [-0.15, -0.1) is 11.8 Å². The quantitative estimate of drug-likeness (QED) is 0.482. The SMILES string of the molecule is CC(=O)NCCSc1ccc(O)cc1/C=C/[125I]. The molecule has 0 unspecified atom stereocenters. The molecule has 0 aromatic heterocycles. The maximum atomic E-state index is 10.7. The number of rotatable bonds is 5. The summed E-state index contributed by atoms with van der Waals surface area (Å²) in [5.74, 6) is 1.07. The number of hydrogen-bond acceptors (Lipinski definition) is 3. The molecule has 0 radical (unpaired) electrons. The van der Waals surface area contributed by atoms with Crippen LogP contribution in [0.1, 0.15) is 12.5 Å². The number of phenols is 1. The summed E-state index contributed by atoms with van der Waals surface area (Å²) in [4.78, 5) is 11.8. The van der Waals surface area contributed by atoms with Gasteiger partial charge in [0, 0.05) is 24.1 Å². The van der Waals surface area contributed by atoms with Crippen LogP contribution >= 0.6 is 34.4 Å². The zero-order valence-corrected chi connectivity index (χ0v) is 12.4. The molecule has 0 fully saturated rings. The second-order valence-electron chi connectivity index (χ2n) is 3.35. The second kappa shape index (κ2) is 7.60. The fourth-order valence-electron chi connectivity index (χ4n) is 1.25. The van der Waals surface area contributed by atoms with Crippen molar-refractivity contribution in [2.24, 2.45) is 0 Å². The fourth-order valence-corrected chi connectivity index (χ4v) is 2.52. The minimum absolute atomic E-state index is 0.0105. The maximum absolute atomic E-state index is 10.7. The number of aromatic hydroxyl groups is 1. The predicted molar refractivity (Wildman–Crippen MR) is 80.6 cm³/mol. The van der Waals surface area contributed by atoms with Gasteiger partial charge in [-0.05, 0) is 33.9 Å². The molecule has 1 aromatic rings. The highest BCUT2D eigenvalue weighted by molar-refractivity contribution is 14.1. The summed E-state index contributed by atoms with van der Waals surface area (Å²) in [7, 11) is 0. The summed E-state index contributed by atoms with van der Waals surface area (Å²) in [5.41, 5.74) is 0.993. The van der Waals surface area contributed by atoms with Crippen molar-refractivity contribution in [1.82, 2.24) is 5.32 Å². The van der Waals surface area contributed by atoms with Crippen molar-refractivity contribution in [3.8, 4) is 5.75 Å². The van der Waals surface area contributed by atoms with E-state index in [9.17, 15) is 9.90 Å². The molecule has 3 nitrogen and oxygen atoms in total. The van der Waals surface area contributed by atoms with Crippen LogP contribution < -0.4 is 5.32 Å². The Bertz CT molecular complexity index is 421. The van der Waals surface area contributed by atoms with Crippen LogP contribution in [-0.2, 0) is 4.79 Å². The largest absolute Gasteiger partial charge is 0.508 e. The van der Waals surface area contributed by atoms with Gasteiger partial charge in [0.2, 0.25) is 5.91 Å². The Kier molecular flexibility index (Phi) is 6.43. The summed E-state index contributed by atoms with van der Waals surface area (Å²) < 4.78 is 1.91. The lowest BCUT2D eigenvalue weighted by Crippen LogP contribution is -2.22. The van der Waals surface area contributed by atoms with Gasteiger partial charge in [0.1, 0.15) is 5.75 Å². The van der Waals surface area contributed by atoms with Crippen molar-refractivity contribution >= 4 is 46.3 Å². The van der Waals surface area contributed by atoms with E-state index in [1.165, 1.54) is 6.92 Å². The minimum Gasteiger partial charge on any atom is -0.508 e. The smallest absolute Gasteiger partial charge is 0.216 e. The van der Waals surface area contributed by atoms with E-state index in [1.54, 1.807) is 23.9 Å². The van der Waals surface area contributed by atoms with E-state index in [2.05, 4.69) is 27.9 Å². The molecule has 92 valence electrons. The zero-order chi connectivity index (χ0) is 12.7. The average Bonchev–Trinajstić information content (AvgIpc) is 2.27. The Hall–Kier alpha value is -0.690. The number of nitrogens with one attached hydrogen (secondary N) is 1. The van der Waals surface area contributed by atoms with Crippen LogP contribution in [0.2, 0.25) is 0 Å². The van der Waals surface area contributed by atoms with E-state index in [-0.39, 0.29) is 11.7 Å². The number of halogens is 1. The lowest BCUT2D eigenvalue weighted by molar-refractivity contribution is -0.118.